The van der Waals surface area contributed by atoms with Gasteiger partial charge in [0.2, 0.25) is 0 Å². The number of para-hydroxylation sites is 9. The first-order valence-corrected chi connectivity index (χ1v) is 45.3. The topological polar surface area (TPSA) is 44.6 Å². The van der Waals surface area contributed by atoms with Crippen molar-refractivity contribution in [3.8, 4) is 89.8 Å². The van der Waals surface area contributed by atoms with Gasteiger partial charge in [0.25, 0.3) is 0 Å². The Morgan fingerprint density at radius 2 is 0.451 bits per heavy atom. The van der Waals surface area contributed by atoms with E-state index in [4.69, 9.17) is 13.9 Å². The van der Waals surface area contributed by atoms with Crippen molar-refractivity contribution in [1.82, 2.24) is 0 Å². The Kier molecular flexibility index (Phi) is 19.1. The van der Waals surface area contributed by atoms with Crippen LogP contribution in [-0.4, -0.2) is 0 Å². The highest BCUT2D eigenvalue weighted by molar-refractivity contribution is 6.28. The Hall–Kier alpha value is -17.8. The molecule has 0 atom stereocenters. The molecule has 0 N–H and O–H groups in total. The van der Waals surface area contributed by atoms with Crippen molar-refractivity contribution in [3.05, 3.63) is 497 Å². The van der Waals surface area contributed by atoms with Crippen LogP contribution >= 0.6 is 0 Å². The van der Waals surface area contributed by atoms with E-state index in [1.807, 2.05) is 12.1 Å². The lowest BCUT2D eigenvalue weighted by molar-refractivity contribution is 0.487. The van der Waals surface area contributed by atoms with Crippen molar-refractivity contribution in [3.63, 3.8) is 0 Å². The number of anilines is 12. The number of fused-ring (bicyclic) bond motifs is 15. The van der Waals surface area contributed by atoms with E-state index in [0.29, 0.717) is 0 Å². The zero-order valence-corrected chi connectivity index (χ0v) is 72.4. The lowest BCUT2D eigenvalue weighted by atomic mass is 9.87. The zero-order chi connectivity index (χ0) is 87.8. The summed E-state index contributed by atoms with van der Waals surface area (Å²) in [6.07, 6.45) is 0. The number of benzene rings is 23. The molecule has 133 heavy (non-hydrogen) atoms. The van der Waals surface area contributed by atoms with Gasteiger partial charge in [-0.15, -0.1) is 0 Å². The quantitative estimate of drug-likeness (QED) is 0.0893. The number of hydrogen-bond donors (Lipinski definition) is 0. The maximum atomic E-state index is 6.93. The molecule has 24 aromatic rings. The van der Waals surface area contributed by atoms with Gasteiger partial charge in [-0.05, 0) is 257 Å². The molecule has 624 valence electrons. The molecule has 26 rings (SSSR count). The molecule has 1 aromatic heterocycles. The summed E-state index contributed by atoms with van der Waals surface area (Å²) in [6.45, 7) is 0. The molecular weight excluding hydrogens is 1620 g/mol. The van der Waals surface area contributed by atoms with Gasteiger partial charge in [-0.3, -0.25) is 0 Å². The first kappa shape index (κ1) is 77.6. The first-order valence-electron chi connectivity index (χ1n) is 45.3. The Labute approximate surface area is 770 Å². The minimum Gasteiger partial charge on any atom is -0.456 e. The molecule has 0 unspecified atom stereocenters. The second kappa shape index (κ2) is 32.8. The summed E-state index contributed by atoms with van der Waals surface area (Å²) in [5.74, 6) is 3.44. The lowest BCUT2D eigenvalue weighted by Crippen LogP contribution is -2.11. The Bertz CT molecular complexity index is 8540. The summed E-state index contributed by atoms with van der Waals surface area (Å²) in [5.41, 5.74) is 28.3. The van der Waals surface area contributed by atoms with Gasteiger partial charge in [-0.1, -0.05) is 328 Å². The third kappa shape index (κ3) is 13.6. The lowest BCUT2D eigenvalue weighted by Gasteiger charge is -2.28. The number of ether oxygens (including phenoxy) is 2. The molecule has 0 spiro atoms. The minimum atomic E-state index is 0.844. The number of furan rings is 1. The van der Waals surface area contributed by atoms with Crippen molar-refractivity contribution < 1.29 is 13.9 Å². The summed E-state index contributed by atoms with van der Waals surface area (Å²) >= 11 is 0. The van der Waals surface area contributed by atoms with Gasteiger partial charge < -0.3 is 33.5 Å². The normalized spacial score (nSPS) is 11.7. The van der Waals surface area contributed by atoms with Gasteiger partial charge in [-0.2, -0.15) is 0 Å². The van der Waals surface area contributed by atoms with Gasteiger partial charge >= 0.3 is 0 Å². The predicted molar refractivity (Wildman–Crippen MR) is 557 cm³/mol. The molecule has 0 bridgehead atoms. The van der Waals surface area contributed by atoms with Crippen LogP contribution in [0.1, 0.15) is 0 Å². The summed E-state index contributed by atoms with van der Waals surface area (Å²) in [7, 11) is 0. The van der Waals surface area contributed by atoms with E-state index in [9.17, 15) is 0 Å². The Balaban J connectivity index is 0.000000143. The van der Waals surface area contributed by atoms with Crippen LogP contribution in [0, 0.1) is 0 Å². The van der Waals surface area contributed by atoms with E-state index in [2.05, 4.69) is 505 Å². The van der Waals surface area contributed by atoms with Gasteiger partial charge in [0.1, 0.15) is 28.6 Å². The maximum Gasteiger partial charge on any atom is 0.159 e. The molecule has 0 fully saturated rings. The van der Waals surface area contributed by atoms with Crippen LogP contribution in [0.25, 0.3) is 153 Å². The van der Waals surface area contributed by atoms with Crippen LogP contribution in [0.4, 0.5) is 68.2 Å². The van der Waals surface area contributed by atoms with Crippen LogP contribution in [0.5, 0.6) is 23.0 Å². The first-order chi connectivity index (χ1) is 66.0. The van der Waals surface area contributed by atoms with Crippen molar-refractivity contribution >= 4 is 155 Å². The molecule has 2 aliphatic rings. The van der Waals surface area contributed by atoms with E-state index in [-0.39, 0.29) is 0 Å². The van der Waals surface area contributed by atoms with E-state index in [0.717, 1.165) is 168 Å². The molecule has 2 aliphatic heterocycles. The second-order valence-electron chi connectivity index (χ2n) is 34.0. The highest BCUT2D eigenvalue weighted by Crippen LogP contribution is 2.57. The van der Waals surface area contributed by atoms with Crippen LogP contribution < -0.4 is 29.1 Å². The monoisotopic (exact) mass is 1700 g/mol. The Morgan fingerprint density at radius 3 is 0.887 bits per heavy atom. The van der Waals surface area contributed by atoms with Crippen molar-refractivity contribution in [2.45, 2.75) is 0 Å². The van der Waals surface area contributed by atoms with E-state index < -0.39 is 0 Å². The Morgan fingerprint density at radius 1 is 0.143 bits per heavy atom. The zero-order valence-electron chi connectivity index (χ0n) is 72.4. The van der Waals surface area contributed by atoms with Crippen molar-refractivity contribution in [2.24, 2.45) is 0 Å². The van der Waals surface area contributed by atoms with E-state index in [1.165, 1.54) is 76.1 Å². The minimum absolute atomic E-state index is 0.844. The van der Waals surface area contributed by atoms with Crippen molar-refractivity contribution in [2.75, 3.05) is 19.6 Å². The van der Waals surface area contributed by atoms with Crippen LogP contribution in [0.3, 0.4) is 0 Å². The van der Waals surface area contributed by atoms with Gasteiger partial charge in [0.15, 0.2) is 5.58 Å². The van der Waals surface area contributed by atoms with Gasteiger partial charge in [-0.25, -0.2) is 0 Å². The van der Waals surface area contributed by atoms with Crippen molar-refractivity contribution in [1.29, 1.82) is 0 Å². The fraction of sp³-hybridized carbons (Fsp3) is 0. The third-order valence-electron chi connectivity index (χ3n) is 26.4. The summed E-state index contributed by atoms with van der Waals surface area (Å²) < 4.78 is 20.5. The molecule has 0 radical (unpaired) electrons. The smallest absolute Gasteiger partial charge is 0.159 e. The molecule has 23 aromatic carbocycles. The number of nitrogens with zero attached hydrogens (tertiary/aromatic N) is 4. The van der Waals surface area contributed by atoms with Gasteiger partial charge in [0.05, 0.1) is 28.4 Å². The maximum absolute atomic E-state index is 6.93. The highest BCUT2D eigenvalue weighted by atomic mass is 16.5. The molecule has 0 saturated heterocycles. The molecule has 3 heterocycles. The number of hydrogen-bond acceptors (Lipinski definition) is 7. The largest absolute Gasteiger partial charge is 0.456 e. The molecule has 7 nitrogen and oxygen atoms in total. The summed E-state index contributed by atoms with van der Waals surface area (Å²) in [6, 6.07) is 178. The standard InChI is InChI=1S/C66H42N2O2.C60H40N2O/c1-4-18-44(19-5-1)49-24-12-14-30-59(49)68(60-31-16-29-55-52-27-13-15-32-62(52)70-66(55)60)48-37-34-43(35-38-48)45-36-39-53-58-41-56-50-25-10-11-26-51(50)61(67(46-20-6-2-7-21-46)47-22-8-3-9-23-47)42-57(56)54-28-17-33-63(65(54)58)69-64(53)40-45;1-5-18-42(19-6-1)48-26-15-16-30-56(48)61(44-20-7-2-8-21-44)47-35-32-41(33-36-47)43-34-37-51-55-39-53-49-27-13-14-28-50(49)57(62(45-22-9-3-10-23-45)46-24-11-4-12-25-46)40-54(53)52-29-17-31-58(60(52)55)63-59(51)38-43/h1-42H;1-40H. The van der Waals surface area contributed by atoms with Crippen LogP contribution in [-0.2, 0) is 0 Å². The van der Waals surface area contributed by atoms with E-state index >= 15 is 0 Å². The number of rotatable bonds is 16. The van der Waals surface area contributed by atoms with Crippen LogP contribution in [0.2, 0.25) is 0 Å². The second-order valence-corrected chi connectivity index (χ2v) is 34.0. The SMILES string of the molecule is c1ccc(-c2ccccc2N(c2ccc(-c3ccc4c(c3)Oc3cccc5c3c-4cc3c4ccccc4c(N(c4ccccc4)c4ccccc4)cc53)cc2)c2cccc3c2oc2ccccc23)cc1.c1ccc(-c2ccccc2N(c2ccccc2)c2ccc(-c3ccc4c(c3)Oc3cccc5c3c-4cc3c4ccccc4c(N(c4ccccc4)c4ccccc4)cc53)cc2)cc1. The highest BCUT2D eigenvalue weighted by Gasteiger charge is 2.30. The summed E-state index contributed by atoms with van der Waals surface area (Å²) in [4.78, 5) is 9.43. The van der Waals surface area contributed by atoms with Crippen LogP contribution in [0.15, 0.2) is 502 Å². The average Bonchev–Trinajstić information content (AvgIpc) is 1.22. The third-order valence-corrected chi connectivity index (χ3v) is 26.4. The fourth-order valence-corrected chi connectivity index (χ4v) is 20.4. The molecule has 0 aliphatic carbocycles. The summed E-state index contributed by atoms with van der Waals surface area (Å²) in [5, 5.41) is 16.4. The van der Waals surface area contributed by atoms with E-state index in [1.54, 1.807) is 0 Å². The van der Waals surface area contributed by atoms with Gasteiger partial charge in [0, 0.05) is 94.4 Å². The molecule has 0 saturated carbocycles. The fourth-order valence-electron chi connectivity index (χ4n) is 20.4. The predicted octanol–water partition coefficient (Wildman–Crippen LogP) is 36.3. The molecule has 0 amide bonds. The average molecular weight is 1700 g/mol. The molecule has 7 heteroatoms. The molecular formula is C126H82N4O3.